The lowest BCUT2D eigenvalue weighted by Gasteiger charge is -2.10. The second kappa shape index (κ2) is 2.91. The van der Waals surface area contributed by atoms with Crippen molar-refractivity contribution >= 4 is 0 Å². The van der Waals surface area contributed by atoms with Crippen LogP contribution in [0.5, 0.6) is 0 Å². The summed E-state index contributed by atoms with van der Waals surface area (Å²) in [6.07, 6.45) is 5.60. The Hall–Kier alpha value is -0.260. The van der Waals surface area contributed by atoms with Gasteiger partial charge < -0.3 is 0 Å². The molecule has 0 saturated carbocycles. The molecular weight excluding hydrogens is 96.1 g/mol. The first-order chi connectivity index (χ1) is 3.56. The average Bonchev–Trinajstić information content (AvgIpc) is 1.59. The van der Waals surface area contributed by atoms with Crippen LogP contribution in [-0.2, 0) is 0 Å². The SMILES string of the molecule is CCC=CC(C)(C)C. The molecule has 0 aliphatic rings. The first kappa shape index (κ1) is 7.74. The second-order valence-corrected chi connectivity index (χ2v) is 3.18. The van der Waals surface area contributed by atoms with E-state index in [0.717, 1.165) is 6.42 Å². The van der Waals surface area contributed by atoms with Gasteiger partial charge in [0.15, 0.2) is 0 Å². The number of allylic oxidation sites excluding steroid dienone is 2. The maximum Gasteiger partial charge on any atom is -0.0203 e. The molecule has 0 spiro atoms. The topological polar surface area (TPSA) is 0 Å². The minimum Gasteiger partial charge on any atom is -0.0883 e. The van der Waals surface area contributed by atoms with Gasteiger partial charge in [-0.05, 0) is 11.8 Å². The molecule has 0 aliphatic heterocycles. The zero-order valence-corrected chi connectivity index (χ0v) is 6.36. The first-order valence-electron chi connectivity index (χ1n) is 3.24. The molecule has 0 unspecified atom stereocenters. The molecule has 0 rings (SSSR count). The summed E-state index contributed by atoms with van der Waals surface area (Å²) in [7, 11) is 0. The Labute approximate surface area is 52.6 Å². The van der Waals surface area contributed by atoms with Gasteiger partial charge in [0.25, 0.3) is 0 Å². The lowest BCUT2D eigenvalue weighted by molar-refractivity contribution is 0.542. The fraction of sp³-hybridized carbons (Fsp3) is 0.750. The Morgan fingerprint density at radius 1 is 1.25 bits per heavy atom. The van der Waals surface area contributed by atoms with Crippen LogP contribution in [0.3, 0.4) is 0 Å². The van der Waals surface area contributed by atoms with E-state index >= 15 is 0 Å². The van der Waals surface area contributed by atoms with Crippen molar-refractivity contribution in [1.82, 2.24) is 0 Å². The van der Waals surface area contributed by atoms with Crippen LogP contribution in [0.4, 0.5) is 0 Å². The zero-order chi connectivity index (χ0) is 6.62. The highest BCUT2D eigenvalue weighted by molar-refractivity contribution is 4.90. The molecule has 0 aromatic heterocycles. The van der Waals surface area contributed by atoms with Gasteiger partial charge in [0, 0.05) is 0 Å². The fourth-order valence-corrected chi connectivity index (χ4v) is 0.471. The Bertz CT molecular complexity index is 72.5. The van der Waals surface area contributed by atoms with Crippen LogP contribution in [0.15, 0.2) is 12.2 Å². The van der Waals surface area contributed by atoms with Gasteiger partial charge in [0.1, 0.15) is 0 Å². The Morgan fingerprint density at radius 3 is 1.88 bits per heavy atom. The standard InChI is InChI=1S/C8H16/c1-5-6-7-8(2,3)4/h6-7H,5H2,1-4H3. The summed E-state index contributed by atoms with van der Waals surface area (Å²) in [4.78, 5) is 0. The lowest BCUT2D eigenvalue weighted by atomic mass is 9.96. The summed E-state index contributed by atoms with van der Waals surface area (Å²) in [5.41, 5.74) is 0.371. The minimum absolute atomic E-state index is 0.371. The summed E-state index contributed by atoms with van der Waals surface area (Å²) in [6.45, 7) is 8.78. The first-order valence-corrected chi connectivity index (χ1v) is 3.24. The van der Waals surface area contributed by atoms with E-state index in [2.05, 4.69) is 39.8 Å². The molecule has 0 heterocycles. The maximum atomic E-state index is 2.24. The Kier molecular flexibility index (Phi) is 2.81. The molecule has 0 saturated heterocycles. The number of hydrogen-bond acceptors (Lipinski definition) is 0. The highest BCUT2D eigenvalue weighted by Crippen LogP contribution is 2.14. The second-order valence-electron chi connectivity index (χ2n) is 3.18. The summed E-state index contributed by atoms with van der Waals surface area (Å²) < 4.78 is 0. The summed E-state index contributed by atoms with van der Waals surface area (Å²) in [5.74, 6) is 0. The fourth-order valence-electron chi connectivity index (χ4n) is 0.471. The molecule has 0 amide bonds. The van der Waals surface area contributed by atoms with Gasteiger partial charge in [-0.3, -0.25) is 0 Å². The highest BCUT2D eigenvalue weighted by atomic mass is 14.1. The molecule has 0 N–H and O–H groups in total. The van der Waals surface area contributed by atoms with Gasteiger partial charge in [-0.25, -0.2) is 0 Å². The third kappa shape index (κ3) is 5.74. The van der Waals surface area contributed by atoms with E-state index in [9.17, 15) is 0 Å². The van der Waals surface area contributed by atoms with Crippen molar-refractivity contribution in [3.8, 4) is 0 Å². The van der Waals surface area contributed by atoms with E-state index in [1.807, 2.05) is 0 Å². The molecule has 8 heavy (non-hydrogen) atoms. The van der Waals surface area contributed by atoms with Crippen LogP contribution in [0.1, 0.15) is 34.1 Å². The summed E-state index contributed by atoms with van der Waals surface area (Å²) in [6, 6.07) is 0. The summed E-state index contributed by atoms with van der Waals surface area (Å²) >= 11 is 0. The average molecular weight is 112 g/mol. The van der Waals surface area contributed by atoms with Crippen LogP contribution in [-0.4, -0.2) is 0 Å². The molecule has 0 aromatic carbocycles. The predicted molar refractivity (Wildman–Crippen MR) is 38.9 cm³/mol. The minimum atomic E-state index is 0.371. The van der Waals surface area contributed by atoms with Gasteiger partial charge in [0.05, 0.1) is 0 Å². The molecular formula is C8H16. The van der Waals surface area contributed by atoms with E-state index in [0.29, 0.717) is 5.41 Å². The zero-order valence-electron chi connectivity index (χ0n) is 6.36. The van der Waals surface area contributed by atoms with Gasteiger partial charge in [-0.15, -0.1) is 0 Å². The van der Waals surface area contributed by atoms with Gasteiger partial charge in [-0.2, -0.15) is 0 Å². The normalized spacial score (nSPS) is 13.0. The maximum absolute atomic E-state index is 2.24. The largest absolute Gasteiger partial charge is 0.0883 e. The summed E-state index contributed by atoms with van der Waals surface area (Å²) in [5, 5.41) is 0. The Balaban J connectivity index is 3.52. The number of rotatable bonds is 1. The molecule has 0 aromatic rings. The molecule has 0 radical (unpaired) electrons. The quantitative estimate of drug-likeness (QED) is 0.457. The van der Waals surface area contributed by atoms with Crippen molar-refractivity contribution in [2.45, 2.75) is 34.1 Å². The molecule has 0 heteroatoms. The van der Waals surface area contributed by atoms with Crippen molar-refractivity contribution in [3.05, 3.63) is 12.2 Å². The van der Waals surface area contributed by atoms with Crippen molar-refractivity contribution in [2.75, 3.05) is 0 Å². The lowest BCUT2D eigenvalue weighted by Crippen LogP contribution is -1.97. The van der Waals surface area contributed by atoms with Crippen molar-refractivity contribution in [3.63, 3.8) is 0 Å². The van der Waals surface area contributed by atoms with E-state index in [1.165, 1.54) is 0 Å². The smallest absolute Gasteiger partial charge is 0.0203 e. The van der Waals surface area contributed by atoms with Crippen molar-refractivity contribution in [2.24, 2.45) is 5.41 Å². The molecule has 0 fully saturated rings. The molecule has 0 nitrogen and oxygen atoms in total. The van der Waals surface area contributed by atoms with Gasteiger partial charge >= 0.3 is 0 Å². The van der Waals surface area contributed by atoms with Crippen LogP contribution >= 0.6 is 0 Å². The molecule has 0 bridgehead atoms. The van der Waals surface area contributed by atoms with E-state index in [4.69, 9.17) is 0 Å². The predicted octanol–water partition coefficient (Wildman–Crippen LogP) is 3.00. The van der Waals surface area contributed by atoms with Crippen molar-refractivity contribution in [1.29, 1.82) is 0 Å². The van der Waals surface area contributed by atoms with Crippen LogP contribution in [0, 0.1) is 5.41 Å². The van der Waals surface area contributed by atoms with Gasteiger partial charge in [0.2, 0.25) is 0 Å². The van der Waals surface area contributed by atoms with Crippen LogP contribution in [0.2, 0.25) is 0 Å². The molecule has 0 aliphatic carbocycles. The monoisotopic (exact) mass is 112 g/mol. The molecule has 48 valence electrons. The Morgan fingerprint density at radius 2 is 1.75 bits per heavy atom. The van der Waals surface area contributed by atoms with Crippen LogP contribution < -0.4 is 0 Å². The third-order valence-corrected chi connectivity index (χ3v) is 0.854. The van der Waals surface area contributed by atoms with Gasteiger partial charge in [-0.1, -0.05) is 39.8 Å². The van der Waals surface area contributed by atoms with Crippen molar-refractivity contribution < 1.29 is 0 Å². The van der Waals surface area contributed by atoms with E-state index in [1.54, 1.807) is 0 Å². The van der Waals surface area contributed by atoms with E-state index < -0.39 is 0 Å². The number of hydrogen-bond donors (Lipinski definition) is 0. The van der Waals surface area contributed by atoms with Crippen LogP contribution in [0.25, 0.3) is 0 Å². The highest BCUT2D eigenvalue weighted by Gasteiger charge is 2.01. The third-order valence-electron chi connectivity index (χ3n) is 0.854. The van der Waals surface area contributed by atoms with E-state index in [-0.39, 0.29) is 0 Å². The molecule has 0 atom stereocenters.